The Kier molecular flexibility index (Phi) is 2.19. The van der Waals surface area contributed by atoms with Crippen molar-refractivity contribution in [3.05, 3.63) is 30.1 Å². The molecule has 0 saturated carbocycles. The Morgan fingerprint density at radius 2 is 2.12 bits per heavy atom. The Balaban J connectivity index is 1.93. The number of fused-ring (bicyclic) bond motifs is 1. The Bertz CT molecular complexity index is 609. The lowest BCUT2D eigenvalue weighted by molar-refractivity contribution is -0.112. The summed E-state index contributed by atoms with van der Waals surface area (Å²) in [5.74, 6) is -1.07. The van der Waals surface area contributed by atoms with Gasteiger partial charge in [0, 0.05) is 4.90 Å². The predicted octanol–water partition coefficient (Wildman–Crippen LogP) is 1.09. The van der Waals surface area contributed by atoms with Gasteiger partial charge >= 0.3 is 0 Å². The monoisotopic (exact) mass is 246 g/mol. The molecule has 2 aromatic rings. The van der Waals surface area contributed by atoms with Crippen LogP contribution in [0.15, 0.2) is 34.6 Å². The van der Waals surface area contributed by atoms with Crippen molar-refractivity contribution in [2.24, 2.45) is 0 Å². The fourth-order valence-electron chi connectivity index (χ4n) is 1.54. The van der Waals surface area contributed by atoms with Crippen molar-refractivity contribution in [3.8, 4) is 0 Å². The molecule has 7 heteroatoms. The second kappa shape index (κ2) is 3.70. The largest absolute Gasteiger partial charge is 0.318 e. The molecule has 84 valence electrons. The molecule has 2 heterocycles. The molecule has 1 aromatic heterocycles. The SMILES string of the molecule is O=C1Nc2cc(Sc3ncn[nH]3)ccc2C1=O. The lowest BCUT2D eigenvalue weighted by Gasteiger charge is -2.00. The molecule has 0 bridgehead atoms. The first-order chi connectivity index (χ1) is 8.24. The summed E-state index contributed by atoms with van der Waals surface area (Å²) in [6.07, 6.45) is 1.42. The Hall–Kier alpha value is -2.15. The highest BCUT2D eigenvalue weighted by atomic mass is 32.2. The minimum absolute atomic E-state index is 0.414. The fraction of sp³-hybridized carbons (Fsp3) is 0. The molecule has 0 atom stereocenters. The van der Waals surface area contributed by atoms with Crippen LogP contribution >= 0.6 is 11.8 Å². The number of amides is 1. The van der Waals surface area contributed by atoms with E-state index in [1.165, 1.54) is 18.1 Å². The van der Waals surface area contributed by atoms with E-state index in [-0.39, 0.29) is 0 Å². The number of aromatic amines is 1. The van der Waals surface area contributed by atoms with E-state index in [1.807, 2.05) is 0 Å². The van der Waals surface area contributed by atoms with Gasteiger partial charge in [0.25, 0.3) is 11.7 Å². The lowest BCUT2D eigenvalue weighted by atomic mass is 10.1. The predicted molar refractivity (Wildman–Crippen MR) is 59.9 cm³/mol. The third-order valence-electron chi connectivity index (χ3n) is 2.30. The standard InChI is InChI=1S/C10H6N4O2S/c15-8-6-2-1-5(3-7(6)13-9(8)16)17-10-11-4-12-14-10/h1-4H,(H,11,12,14)(H,13,15,16). The van der Waals surface area contributed by atoms with E-state index < -0.39 is 11.7 Å². The zero-order chi connectivity index (χ0) is 11.8. The van der Waals surface area contributed by atoms with Crippen molar-refractivity contribution in [1.82, 2.24) is 15.2 Å². The van der Waals surface area contributed by atoms with Gasteiger partial charge in [0.05, 0.1) is 11.3 Å². The van der Waals surface area contributed by atoms with Crippen molar-refractivity contribution in [2.75, 3.05) is 5.32 Å². The van der Waals surface area contributed by atoms with Crippen LogP contribution in [0, 0.1) is 0 Å². The number of benzene rings is 1. The van der Waals surface area contributed by atoms with Crippen LogP contribution < -0.4 is 5.32 Å². The summed E-state index contributed by atoms with van der Waals surface area (Å²) >= 11 is 1.37. The van der Waals surface area contributed by atoms with E-state index in [4.69, 9.17) is 0 Å². The van der Waals surface area contributed by atoms with Gasteiger partial charge in [-0.15, -0.1) is 0 Å². The molecular formula is C10H6N4O2S. The zero-order valence-electron chi connectivity index (χ0n) is 8.43. The third-order valence-corrected chi connectivity index (χ3v) is 3.18. The number of nitrogens with zero attached hydrogens (tertiary/aromatic N) is 2. The second-order valence-electron chi connectivity index (χ2n) is 3.38. The normalized spacial score (nSPS) is 13.6. The molecule has 0 spiro atoms. The van der Waals surface area contributed by atoms with Gasteiger partial charge in [0.1, 0.15) is 6.33 Å². The van der Waals surface area contributed by atoms with Crippen LogP contribution in [0.5, 0.6) is 0 Å². The molecule has 1 aliphatic heterocycles. The minimum Gasteiger partial charge on any atom is -0.318 e. The van der Waals surface area contributed by atoms with E-state index in [9.17, 15) is 9.59 Å². The van der Waals surface area contributed by atoms with Crippen molar-refractivity contribution in [1.29, 1.82) is 0 Å². The van der Waals surface area contributed by atoms with Gasteiger partial charge in [0.2, 0.25) is 0 Å². The summed E-state index contributed by atoms with van der Waals surface area (Å²) in [6.45, 7) is 0. The van der Waals surface area contributed by atoms with E-state index >= 15 is 0 Å². The summed E-state index contributed by atoms with van der Waals surface area (Å²) in [5.41, 5.74) is 0.960. The van der Waals surface area contributed by atoms with Crippen LogP contribution in [-0.4, -0.2) is 26.9 Å². The van der Waals surface area contributed by atoms with Crippen LogP contribution in [0.2, 0.25) is 0 Å². The molecule has 0 unspecified atom stereocenters. The first kappa shape index (κ1) is 10.0. The van der Waals surface area contributed by atoms with Gasteiger partial charge in [-0.05, 0) is 18.2 Å². The van der Waals surface area contributed by atoms with Crippen molar-refractivity contribution in [3.63, 3.8) is 0 Å². The summed E-state index contributed by atoms with van der Waals surface area (Å²) < 4.78 is 0. The van der Waals surface area contributed by atoms with Crippen LogP contribution in [0.3, 0.4) is 0 Å². The molecule has 0 fully saturated rings. The van der Waals surface area contributed by atoms with E-state index in [1.54, 1.807) is 18.2 Å². The van der Waals surface area contributed by atoms with Crippen LogP contribution in [0.25, 0.3) is 0 Å². The molecule has 3 rings (SSSR count). The zero-order valence-corrected chi connectivity index (χ0v) is 9.25. The van der Waals surface area contributed by atoms with Gasteiger partial charge in [-0.2, -0.15) is 5.10 Å². The summed E-state index contributed by atoms with van der Waals surface area (Å²) in [7, 11) is 0. The van der Waals surface area contributed by atoms with E-state index in [0.717, 1.165) is 4.90 Å². The van der Waals surface area contributed by atoms with Gasteiger partial charge in [0.15, 0.2) is 5.16 Å². The first-order valence-corrected chi connectivity index (χ1v) is 5.58. The quantitative estimate of drug-likeness (QED) is 0.774. The van der Waals surface area contributed by atoms with Gasteiger partial charge in [-0.25, -0.2) is 4.98 Å². The number of H-pyrrole nitrogens is 1. The molecule has 17 heavy (non-hydrogen) atoms. The Labute approximate surface area is 99.8 Å². The second-order valence-corrected chi connectivity index (χ2v) is 4.45. The number of carbonyl (C=O) groups excluding carboxylic acids is 2. The minimum atomic E-state index is -0.582. The van der Waals surface area contributed by atoms with E-state index in [0.29, 0.717) is 16.4 Å². The number of rotatable bonds is 2. The maximum atomic E-state index is 11.4. The summed E-state index contributed by atoms with van der Waals surface area (Å²) in [6, 6.07) is 5.14. The van der Waals surface area contributed by atoms with Gasteiger partial charge in [-0.3, -0.25) is 14.7 Å². The van der Waals surface area contributed by atoms with Crippen molar-refractivity contribution >= 4 is 29.1 Å². The highest BCUT2D eigenvalue weighted by molar-refractivity contribution is 7.99. The summed E-state index contributed by atoms with van der Waals surface area (Å²) in [5, 5.41) is 9.63. The molecule has 0 radical (unpaired) electrons. The molecule has 2 N–H and O–H groups in total. The first-order valence-electron chi connectivity index (χ1n) is 4.77. The maximum Gasteiger partial charge on any atom is 0.296 e. The average molecular weight is 246 g/mol. The van der Waals surface area contributed by atoms with Crippen LogP contribution in [0.4, 0.5) is 5.69 Å². The van der Waals surface area contributed by atoms with Crippen molar-refractivity contribution < 1.29 is 9.59 Å². The number of carbonyl (C=O) groups is 2. The number of Topliss-reactive ketones (excluding diaryl/α,β-unsaturated/α-hetero) is 1. The average Bonchev–Trinajstić information content (AvgIpc) is 2.89. The topological polar surface area (TPSA) is 87.7 Å². The number of nitrogens with one attached hydrogen (secondary N) is 2. The lowest BCUT2D eigenvalue weighted by Crippen LogP contribution is -2.12. The Morgan fingerprint density at radius 3 is 2.88 bits per heavy atom. The number of hydrogen-bond donors (Lipinski definition) is 2. The van der Waals surface area contributed by atoms with Gasteiger partial charge in [-0.1, -0.05) is 11.8 Å². The number of hydrogen-bond acceptors (Lipinski definition) is 5. The molecule has 6 nitrogen and oxygen atoms in total. The van der Waals surface area contributed by atoms with Crippen molar-refractivity contribution in [2.45, 2.75) is 10.1 Å². The van der Waals surface area contributed by atoms with Crippen LogP contribution in [-0.2, 0) is 4.79 Å². The van der Waals surface area contributed by atoms with Gasteiger partial charge < -0.3 is 5.32 Å². The highest BCUT2D eigenvalue weighted by Crippen LogP contribution is 2.31. The number of aromatic nitrogens is 3. The number of ketones is 1. The molecule has 0 saturated heterocycles. The molecule has 0 aliphatic carbocycles. The number of anilines is 1. The van der Waals surface area contributed by atoms with Crippen LogP contribution in [0.1, 0.15) is 10.4 Å². The molecule has 1 amide bonds. The smallest absolute Gasteiger partial charge is 0.296 e. The molecular weight excluding hydrogens is 240 g/mol. The Morgan fingerprint density at radius 1 is 1.24 bits per heavy atom. The highest BCUT2D eigenvalue weighted by Gasteiger charge is 2.27. The maximum absolute atomic E-state index is 11.4. The molecule has 1 aliphatic rings. The van der Waals surface area contributed by atoms with E-state index in [2.05, 4.69) is 20.5 Å². The molecule has 1 aromatic carbocycles. The fourth-order valence-corrected chi connectivity index (χ4v) is 2.28. The third kappa shape index (κ3) is 1.70. The summed E-state index contributed by atoms with van der Waals surface area (Å²) in [4.78, 5) is 27.4.